The van der Waals surface area contributed by atoms with E-state index in [4.69, 9.17) is 10.5 Å². The molecule has 3 N–H and O–H groups in total. The lowest BCUT2D eigenvalue weighted by atomic mass is 9.92. The van der Waals surface area contributed by atoms with Gasteiger partial charge >= 0.3 is 0 Å². The first-order chi connectivity index (χ1) is 7.99. The van der Waals surface area contributed by atoms with Crippen LogP contribution in [-0.4, -0.2) is 19.1 Å². The minimum absolute atomic E-state index is 0. The van der Waals surface area contributed by atoms with Crippen molar-refractivity contribution in [2.75, 3.05) is 18.5 Å². The lowest BCUT2D eigenvalue weighted by Gasteiger charge is -2.21. The Hall–Kier alpha value is -1.26. The van der Waals surface area contributed by atoms with Crippen LogP contribution in [0, 0.1) is 5.41 Å². The molecule has 0 spiro atoms. The summed E-state index contributed by atoms with van der Waals surface area (Å²) >= 11 is 0. The number of ether oxygens (including phenoxy) is 1. The molecule has 1 amide bonds. The number of halogens is 1. The Kier molecular flexibility index (Phi) is 6.73. The molecular formula is C13H21ClN2O2. The second-order valence-electron chi connectivity index (χ2n) is 4.50. The number of hydrogen-bond acceptors (Lipinski definition) is 3. The summed E-state index contributed by atoms with van der Waals surface area (Å²) in [7, 11) is 0. The molecule has 0 fully saturated rings. The highest BCUT2D eigenvalue weighted by Gasteiger charge is 2.25. The molecule has 0 aliphatic carbocycles. The molecule has 102 valence electrons. The lowest BCUT2D eigenvalue weighted by Crippen LogP contribution is -2.37. The van der Waals surface area contributed by atoms with Crippen molar-refractivity contribution in [1.82, 2.24) is 0 Å². The standard InChI is InChI=1S/C13H20N2O2.ClH/c1-4-17-11-7-5-6-10(8-11)15-12(16)13(2,3)9-14;/h5-8H,4,9,14H2,1-3H3,(H,15,16);1H. The Labute approximate surface area is 114 Å². The quantitative estimate of drug-likeness (QED) is 0.865. The number of nitrogens with two attached hydrogens (primary N) is 1. The first kappa shape index (κ1) is 16.7. The third-order valence-electron chi connectivity index (χ3n) is 2.53. The molecule has 18 heavy (non-hydrogen) atoms. The molecule has 0 aliphatic heterocycles. The summed E-state index contributed by atoms with van der Waals surface area (Å²) in [5, 5.41) is 2.83. The Bertz CT molecular complexity index is 394. The summed E-state index contributed by atoms with van der Waals surface area (Å²) in [6.45, 7) is 6.46. The van der Waals surface area contributed by atoms with Crippen LogP contribution in [0.15, 0.2) is 24.3 Å². The summed E-state index contributed by atoms with van der Waals surface area (Å²) < 4.78 is 5.36. The van der Waals surface area contributed by atoms with Crippen molar-refractivity contribution in [3.8, 4) is 5.75 Å². The average Bonchev–Trinajstić information content (AvgIpc) is 2.30. The van der Waals surface area contributed by atoms with E-state index in [0.29, 0.717) is 13.2 Å². The second-order valence-corrected chi connectivity index (χ2v) is 4.50. The number of nitrogens with one attached hydrogen (secondary N) is 1. The molecule has 0 aromatic heterocycles. The van der Waals surface area contributed by atoms with Crippen LogP contribution in [0.2, 0.25) is 0 Å². The predicted molar refractivity (Wildman–Crippen MR) is 76.3 cm³/mol. The Morgan fingerprint density at radius 1 is 1.44 bits per heavy atom. The third-order valence-corrected chi connectivity index (χ3v) is 2.53. The fraction of sp³-hybridized carbons (Fsp3) is 0.462. The molecule has 0 saturated carbocycles. The van der Waals surface area contributed by atoms with Gasteiger partial charge in [0.2, 0.25) is 5.91 Å². The largest absolute Gasteiger partial charge is 0.494 e. The third kappa shape index (κ3) is 4.55. The maximum absolute atomic E-state index is 11.9. The van der Waals surface area contributed by atoms with Gasteiger partial charge < -0.3 is 15.8 Å². The Balaban J connectivity index is 0.00000289. The van der Waals surface area contributed by atoms with Gasteiger partial charge in [-0.3, -0.25) is 4.79 Å². The number of amides is 1. The highest BCUT2D eigenvalue weighted by molar-refractivity contribution is 5.95. The zero-order valence-corrected chi connectivity index (χ0v) is 11.8. The van der Waals surface area contributed by atoms with Crippen molar-refractivity contribution in [2.45, 2.75) is 20.8 Å². The van der Waals surface area contributed by atoms with Gasteiger partial charge in [-0.25, -0.2) is 0 Å². The molecule has 4 nitrogen and oxygen atoms in total. The highest BCUT2D eigenvalue weighted by atomic mass is 35.5. The van der Waals surface area contributed by atoms with E-state index >= 15 is 0 Å². The van der Waals surface area contributed by atoms with E-state index in [2.05, 4.69) is 5.32 Å². The molecule has 0 bridgehead atoms. The smallest absolute Gasteiger partial charge is 0.231 e. The summed E-state index contributed by atoms with van der Waals surface area (Å²) in [6, 6.07) is 7.32. The fourth-order valence-corrected chi connectivity index (χ4v) is 1.22. The molecule has 0 heterocycles. The van der Waals surface area contributed by atoms with Gasteiger partial charge in [-0.05, 0) is 32.9 Å². The first-order valence-electron chi connectivity index (χ1n) is 5.74. The number of hydrogen-bond donors (Lipinski definition) is 2. The summed E-state index contributed by atoms with van der Waals surface area (Å²) in [6.07, 6.45) is 0. The molecule has 1 aromatic carbocycles. The van der Waals surface area contributed by atoms with Crippen LogP contribution in [0.1, 0.15) is 20.8 Å². The number of rotatable bonds is 5. The molecule has 1 rings (SSSR count). The number of carbonyl (C=O) groups is 1. The minimum atomic E-state index is -0.568. The number of anilines is 1. The van der Waals surface area contributed by atoms with Crippen LogP contribution in [0.4, 0.5) is 5.69 Å². The summed E-state index contributed by atoms with van der Waals surface area (Å²) in [4.78, 5) is 11.9. The SMILES string of the molecule is CCOc1cccc(NC(=O)C(C)(C)CN)c1.Cl. The molecule has 5 heteroatoms. The molecule has 0 saturated heterocycles. The van der Waals surface area contributed by atoms with Gasteiger partial charge in [-0.1, -0.05) is 6.07 Å². The van der Waals surface area contributed by atoms with E-state index in [1.165, 1.54) is 0 Å². The minimum Gasteiger partial charge on any atom is -0.494 e. The van der Waals surface area contributed by atoms with Gasteiger partial charge in [0, 0.05) is 18.3 Å². The van der Waals surface area contributed by atoms with Crippen LogP contribution in [0.5, 0.6) is 5.75 Å². The first-order valence-corrected chi connectivity index (χ1v) is 5.74. The summed E-state index contributed by atoms with van der Waals surface area (Å²) in [5.74, 6) is 0.657. The van der Waals surface area contributed by atoms with E-state index in [9.17, 15) is 4.79 Å². The highest BCUT2D eigenvalue weighted by Crippen LogP contribution is 2.20. The fourth-order valence-electron chi connectivity index (χ4n) is 1.22. The molecule has 0 aliphatic rings. The van der Waals surface area contributed by atoms with Crippen LogP contribution in [0.25, 0.3) is 0 Å². The van der Waals surface area contributed by atoms with E-state index in [0.717, 1.165) is 11.4 Å². The summed E-state index contributed by atoms with van der Waals surface area (Å²) in [5.41, 5.74) is 5.71. The molecule has 1 aromatic rings. The molecular weight excluding hydrogens is 252 g/mol. The number of benzene rings is 1. The maximum Gasteiger partial charge on any atom is 0.231 e. The van der Waals surface area contributed by atoms with Crippen molar-refractivity contribution in [3.63, 3.8) is 0 Å². The van der Waals surface area contributed by atoms with Gasteiger partial charge in [0.15, 0.2) is 0 Å². The Morgan fingerprint density at radius 2 is 2.11 bits per heavy atom. The van der Waals surface area contributed by atoms with Gasteiger partial charge in [-0.2, -0.15) is 0 Å². The Morgan fingerprint density at radius 3 is 2.67 bits per heavy atom. The zero-order chi connectivity index (χ0) is 12.9. The monoisotopic (exact) mass is 272 g/mol. The topological polar surface area (TPSA) is 64.3 Å². The van der Waals surface area contributed by atoms with Crippen molar-refractivity contribution in [2.24, 2.45) is 11.1 Å². The van der Waals surface area contributed by atoms with Crippen molar-refractivity contribution in [1.29, 1.82) is 0 Å². The average molecular weight is 273 g/mol. The van der Waals surface area contributed by atoms with E-state index < -0.39 is 5.41 Å². The van der Waals surface area contributed by atoms with Gasteiger partial charge in [0.05, 0.1) is 12.0 Å². The predicted octanol–water partition coefficient (Wildman–Crippen LogP) is 2.43. The van der Waals surface area contributed by atoms with E-state index in [1.54, 1.807) is 6.07 Å². The zero-order valence-electron chi connectivity index (χ0n) is 11.0. The van der Waals surface area contributed by atoms with Crippen molar-refractivity contribution < 1.29 is 9.53 Å². The van der Waals surface area contributed by atoms with Gasteiger partial charge in [0.1, 0.15) is 5.75 Å². The molecule has 0 atom stereocenters. The maximum atomic E-state index is 11.9. The van der Waals surface area contributed by atoms with Crippen LogP contribution >= 0.6 is 12.4 Å². The van der Waals surface area contributed by atoms with E-state index in [-0.39, 0.29) is 18.3 Å². The van der Waals surface area contributed by atoms with Crippen molar-refractivity contribution in [3.05, 3.63) is 24.3 Å². The van der Waals surface area contributed by atoms with Gasteiger partial charge in [-0.15, -0.1) is 12.4 Å². The van der Waals surface area contributed by atoms with Crippen LogP contribution in [0.3, 0.4) is 0 Å². The van der Waals surface area contributed by atoms with Gasteiger partial charge in [0.25, 0.3) is 0 Å². The molecule has 0 radical (unpaired) electrons. The lowest BCUT2D eigenvalue weighted by molar-refractivity contribution is -0.123. The number of carbonyl (C=O) groups excluding carboxylic acids is 1. The molecule has 0 unspecified atom stereocenters. The van der Waals surface area contributed by atoms with Crippen LogP contribution in [-0.2, 0) is 4.79 Å². The van der Waals surface area contributed by atoms with Crippen LogP contribution < -0.4 is 15.8 Å². The second kappa shape index (κ2) is 7.24. The normalized spacial score (nSPS) is 10.4. The van der Waals surface area contributed by atoms with E-state index in [1.807, 2.05) is 39.0 Å². The van der Waals surface area contributed by atoms with Crippen molar-refractivity contribution >= 4 is 24.0 Å².